The van der Waals surface area contributed by atoms with Gasteiger partial charge in [0.15, 0.2) is 6.61 Å². The van der Waals surface area contributed by atoms with Crippen molar-refractivity contribution < 1.29 is 14.3 Å². The molecule has 2 aromatic carbocycles. The molecule has 1 N–H and O–H groups in total. The van der Waals surface area contributed by atoms with Gasteiger partial charge in [-0.1, -0.05) is 12.1 Å². The van der Waals surface area contributed by atoms with E-state index < -0.39 is 0 Å². The van der Waals surface area contributed by atoms with E-state index in [4.69, 9.17) is 9.47 Å². The van der Waals surface area contributed by atoms with Gasteiger partial charge in [-0.05, 0) is 77.7 Å². The Morgan fingerprint density at radius 1 is 1.17 bits per heavy atom. The van der Waals surface area contributed by atoms with Crippen LogP contribution < -0.4 is 14.8 Å². The first-order valence-corrected chi connectivity index (χ1v) is 8.53. The van der Waals surface area contributed by atoms with Gasteiger partial charge >= 0.3 is 0 Å². The van der Waals surface area contributed by atoms with Gasteiger partial charge in [0.25, 0.3) is 5.91 Å². The number of nitrogens with one attached hydrogen (secondary N) is 1. The van der Waals surface area contributed by atoms with Gasteiger partial charge in [0, 0.05) is 0 Å². The molecular formula is C19H22BrNO3. The summed E-state index contributed by atoms with van der Waals surface area (Å²) < 4.78 is 11.6. The normalized spacial score (nSPS) is 11.7. The Kier molecular flexibility index (Phi) is 6.26. The Morgan fingerprint density at radius 2 is 1.92 bits per heavy atom. The topological polar surface area (TPSA) is 47.6 Å². The average Bonchev–Trinajstić information content (AvgIpc) is 2.55. The second kappa shape index (κ2) is 8.20. The number of benzene rings is 2. The van der Waals surface area contributed by atoms with E-state index in [1.165, 1.54) is 5.56 Å². The number of aryl methyl sites for hydroxylation is 2. The van der Waals surface area contributed by atoms with Crippen LogP contribution in [0.2, 0.25) is 0 Å². The molecule has 4 nitrogen and oxygen atoms in total. The maximum atomic E-state index is 12.1. The molecule has 2 rings (SSSR count). The lowest BCUT2D eigenvalue weighted by Crippen LogP contribution is -2.31. The van der Waals surface area contributed by atoms with Gasteiger partial charge in [-0.2, -0.15) is 0 Å². The number of rotatable bonds is 6. The Morgan fingerprint density at radius 3 is 2.54 bits per heavy atom. The van der Waals surface area contributed by atoms with Crippen LogP contribution in [-0.4, -0.2) is 19.6 Å². The monoisotopic (exact) mass is 391 g/mol. The highest BCUT2D eigenvalue weighted by atomic mass is 79.9. The molecule has 0 bridgehead atoms. The number of hydrogen-bond acceptors (Lipinski definition) is 3. The fourth-order valence-corrected chi connectivity index (χ4v) is 2.83. The SMILES string of the molecule is COc1ccc([C@H](C)NC(=O)COc2ccc(C)c(C)c2)cc1Br. The largest absolute Gasteiger partial charge is 0.496 e. The molecule has 5 heteroatoms. The van der Waals surface area contributed by atoms with E-state index in [1.54, 1.807) is 7.11 Å². The quantitative estimate of drug-likeness (QED) is 0.796. The summed E-state index contributed by atoms with van der Waals surface area (Å²) >= 11 is 3.45. The minimum absolute atomic E-state index is 0.00976. The van der Waals surface area contributed by atoms with Gasteiger partial charge in [0.1, 0.15) is 11.5 Å². The molecule has 0 aliphatic carbocycles. The predicted molar refractivity (Wildman–Crippen MR) is 98.7 cm³/mol. The van der Waals surface area contributed by atoms with Crippen molar-refractivity contribution in [2.75, 3.05) is 13.7 Å². The molecule has 0 aliphatic heterocycles. The van der Waals surface area contributed by atoms with Crippen LogP contribution in [-0.2, 0) is 4.79 Å². The Bertz CT molecular complexity index is 731. The van der Waals surface area contributed by atoms with Crippen molar-refractivity contribution in [3.05, 3.63) is 57.6 Å². The lowest BCUT2D eigenvalue weighted by atomic mass is 10.1. The van der Waals surface area contributed by atoms with Crippen LogP contribution in [0.4, 0.5) is 0 Å². The average molecular weight is 392 g/mol. The van der Waals surface area contributed by atoms with E-state index >= 15 is 0 Å². The van der Waals surface area contributed by atoms with E-state index in [1.807, 2.05) is 57.2 Å². The van der Waals surface area contributed by atoms with Crippen molar-refractivity contribution in [2.24, 2.45) is 0 Å². The van der Waals surface area contributed by atoms with E-state index in [2.05, 4.69) is 21.2 Å². The highest BCUT2D eigenvalue weighted by Gasteiger charge is 2.12. The molecule has 0 saturated heterocycles. The maximum Gasteiger partial charge on any atom is 0.258 e. The number of halogens is 1. The zero-order valence-electron chi connectivity index (χ0n) is 14.4. The molecule has 0 radical (unpaired) electrons. The zero-order valence-corrected chi connectivity index (χ0v) is 15.9. The molecule has 0 saturated carbocycles. The molecule has 1 amide bonds. The highest BCUT2D eigenvalue weighted by molar-refractivity contribution is 9.10. The van der Waals surface area contributed by atoms with E-state index in [0.29, 0.717) is 5.75 Å². The third-order valence-electron chi connectivity index (χ3n) is 3.90. The highest BCUT2D eigenvalue weighted by Crippen LogP contribution is 2.28. The molecule has 128 valence electrons. The standard InChI is InChI=1S/C19H22BrNO3/c1-12-5-7-16(9-13(12)2)24-11-19(22)21-14(3)15-6-8-18(23-4)17(20)10-15/h5-10,14H,11H2,1-4H3,(H,21,22)/t14-/m0/s1. The smallest absolute Gasteiger partial charge is 0.258 e. The number of carbonyl (C=O) groups excluding carboxylic acids is 1. The van der Waals surface area contributed by atoms with Crippen LogP contribution in [0.3, 0.4) is 0 Å². The summed E-state index contributed by atoms with van der Waals surface area (Å²) in [7, 11) is 1.62. The maximum absolute atomic E-state index is 12.1. The number of methoxy groups -OCH3 is 1. The zero-order chi connectivity index (χ0) is 17.7. The van der Waals surface area contributed by atoms with Crippen LogP contribution in [0.25, 0.3) is 0 Å². The fourth-order valence-electron chi connectivity index (χ4n) is 2.27. The number of amides is 1. The van der Waals surface area contributed by atoms with Crippen molar-refractivity contribution in [1.29, 1.82) is 0 Å². The number of hydrogen-bond donors (Lipinski definition) is 1. The Balaban J connectivity index is 1.91. The number of ether oxygens (including phenoxy) is 2. The Hall–Kier alpha value is -2.01. The van der Waals surface area contributed by atoms with Crippen LogP contribution in [0.1, 0.15) is 29.7 Å². The molecule has 0 fully saturated rings. The van der Waals surface area contributed by atoms with Gasteiger partial charge in [-0.15, -0.1) is 0 Å². The molecule has 0 aromatic heterocycles. The predicted octanol–water partition coefficient (Wildman–Crippen LogP) is 4.33. The molecule has 1 atom stereocenters. The van der Waals surface area contributed by atoms with Crippen LogP contribution in [0, 0.1) is 13.8 Å². The van der Waals surface area contributed by atoms with Crippen LogP contribution >= 0.6 is 15.9 Å². The van der Waals surface area contributed by atoms with Crippen molar-refractivity contribution in [3.8, 4) is 11.5 Å². The Labute approximate surface area is 151 Å². The van der Waals surface area contributed by atoms with Gasteiger partial charge in [-0.3, -0.25) is 4.79 Å². The summed E-state index contributed by atoms with van der Waals surface area (Å²) in [6, 6.07) is 11.4. The lowest BCUT2D eigenvalue weighted by Gasteiger charge is -2.16. The molecular weight excluding hydrogens is 370 g/mol. The minimum atomic E-state index is -0.160. The number of carbonyl (C=O) groups is 1. The van der Waals surface area contributed by atoms with Gasteiger partial charge < -0.3 is 14.8 Å². The summed E-state index contributed by atoms with van der Waals surface area (Å²) in [5.41, 5.74) is 3.33. The van der Waals surface area contributed by atoms with Crippen molar-refractivity contribution in [1.82, 2.24) is 5.32 Å². The van der Waals surface area contributed by atoms with Crippen molar-refractivity contribution >= 4 is 21.8 Å². The van der Waals surface area contributed by atoms with Crippen molar-refractivity contribution in [2.45, 2.75) is 26.8 Å². The van der Waals surface area contributed by atoms with Gasteiger partial charge in [0.05, 0.1) is 17.6 Å². The third-order valence-corrected chi connectivity index (χ3v) is 4.52. The van der Waals surface area contributed by atoms with Crippen LogP contribution in [0.5, 0.6) is 11.5 Å². The fraction of sp³-hybridized carbons (Fsp3) is 0.316. The van der Waals surface area contributed by atoms with Gasteiger partial charge in [0.2, 0.25) is 0 Å². The van der Waals surface area contributed by atoms with Gasteiger partial charge in [-0.25, -0.2) is 0 Å². The van der Waals surface area contributed by atoms with E-state index in [9.17, 15) is 4.79 Å². The second-order valence-corrected chi connectivity index (χ2v) is 6.57. The first-order chi connectivity index (χ1) is 11.4. The summed E-state index contributed by atoms with van der Waals surface area (Å²) in [5.74, 6) is 1.30. The molecule has 0 unspecified atom stereocenters. The molecule has 0 heterocycles. The van der Waals surface area contributed by atoms with Crippen molar-refractivity contribution in [3.63, 3.8) is 0 Å². The van der Waals surface area contributed by atoms with E-state index in [-0.39, 0.29) is 18.6 Å². The summed E-state index contributed by atoms with van der Waals surface area (Å²) in [5, 5.41) is 2.93. The molecule has 0 spiro atoms. The molecule has 0 aliphatic rings. The van der Waals surface area contributed by atoms with E-state index in [0.717, 1.165) is 21.3 Å². The first kappa shape index (κ1) is 18.3. The van der Waals surface area contributed by atoms with Crippen LogP contribution in [0.15, 0.2) is 40.9 Å². The summed E-state index contributed by atoms with van der Waals surface area (Å²) in [6.45, 7) is 5.98. The second-order valence-electron chi connectivity index (χ2n) is 5.72. The third kappa shape index (κ3) is 4.74. The summed E-state index contributed by atoms with van der Waals surface area (Å²) in [4.78, 5) is 12.1. The molecule has 24 heavy (non-hydrogen) atoms. The first-order valence-electron chi connectivity index (χ1n) is 7.73. The lowest BCUT2D eigenvalue weighted by molar-refractivity contribution is -0.123. The molecule has 2 aromatic rings. The summed E-state index contributed by atoms with van der Waals surface area (Å²) in [6.07, 6.45) is 0. The minimum Gasteiger partial charge on any atom is -0.496 e.